The van der Waals surface area contributed by atoms with Crippen molar-refractivity contribution >= 4 is 11.5 Å². The van der Waals surface area contributed by atoms with Gasteiger partial charge in [0.1, 0.15) is 17.5 Å². The molecular formula is C28H28F2N6O2. The zero-order valence-corrected chi connectivity index (χ0v) is 21.1. The molecule has 38 heavy (non-hydrogen) atoms. The van der Waals surface area contributed by atoms with Gasteiger partial charge in [0.25, 0.3) is 0 Å². The van der Waals surface area contributed by atoms with Crippen LogP contribution in [0.4, 0.5) is 20.3 Å². The number of nitrogens with zero attached hydrogens (tertiary/aromatic N) is 5. The van der Waals surface area contributed by atoms with E-state index in [1.54, 1.807) is 23.1 Å². The first-order valence-electron chi connectivity index (χ1n) is 12.6. The molecule has 8 nitrogen and oxygen atoms in total. The van der Waals surface area contributed by atoms with Crippen LogP contribution in [0.15, 0.2) is 54.9 Å². The normalized spacial score (nSPS) is 21.9. The number of nitrogens with one attached hydrogen (secondary N) is 1. The Bertz CT molecular complexity index is 1500. The second-order valence-electron chi connectivity index (χ2n) is 10.7. The summed E-state index contributed by atoms with van der Waals surface area (Å²) in [4.78, 5) is 4.98. The molecule has 0 radical (unpaired) electrons. The molecule has 3 atom stereocenters. The van der Waals surface area contributed by atoms with Crippen molar-refractivity contribution in [2.24, 2.45) is 5.41 Å². The van der Waals surface area contributed by atoms with Crippen LogP contribution in [0, 0.1) is 17.0 Å². The Kier molecular flexibility index (Phi) is 5.77. The maximum absolute atomic E-state index is 14.5. The van der Waals surface area contributed by atoms with E-state index >= 15 is 0 Å². The smallest absolute Gasteiger partial charge is 0.135 e. The molecule has 0 saturated heterocycles. The number of benzene rings is 1. The van der Waals surface area contributed by atoms with Crippen molar-refractivity contribution in [3.63, 3.8) is 0 Å². The van der Waals surface area contributed by atoms with E-state index in [9.17, 15) is 13.9 Å². The van der Waals surface area contributed by atoms with Crippen LogP contribution < -0.4 is 5.32 Å². The number of pyridine rings is 1. The highest BCUT2D eigenvalue weighted by Gasteiger charge is 2.65. The summed E-state index contributed by atoms with van der Waals surface area (Å²) in [5, 5.41) is 35.1. The van der Waals surface area contributed by atoms with Crippen LogP contribution in [0.5, 0.6) is 0 Å². The minimum absolute atomic E-state index is 0.149. The summed E-state index contributed by atoms with van der Waals surface area (Å²) in [6.07, 6.45) is 4.23. The van der Waals surface area contributed by atoms with Gasteiger partial charge in [-0.05, 0) is 60.1 Å². The predicted molar refractivity (Wildman–Crippen MR) is 137 cm³/mol. The summed E-state index contributed by atoms with van der Waals surface area (Å²) in [5.41, 5.74) is 2.64. The Morgan fingerprint density at radius 1 is 1.13 bits per heavy atom. The van der Waals surface area contributed by atoms with Gasteiger partial charge in [0.05, 0.1) is 59.2 Å². The second kappa shape index (κ2) is 8.92. The zero-order valence-electron chi connectivity index (χ0n) is 21.1. The molecule has 0 amide bonds. The number of hydrogen-bond acceptors (Lipinski definition) is 7. The van der Waals surface area contributed by atoms with Crippen LogP contribution in [0.2, 0.25) is 0 Å². The van der Waals surface area contributed by atoms with Crippen LogP contribution >= 0.6 is 0 Å². The Labute approximate surface area is 218 Å². The molecule has 2 aliphatic rings. The highest BCUT2D eigenvalue weighted by molar-refractivity contribution is 5.64. The molecular weight excluding hydrogens is 490 g/mol. The molecule has 3 heterocycles. The highest BCUT2D eigenvalue weighted by Crippen LogP contribution is 2.69. The molecule has 4 aromatic rings. The predicted octanol–water partition coefficient (Wildman–Crippen LogP) is 4.31. The first kappa shape index (κ1) is 24.6. The fraction of sp³-hybridized carbons (Fsp3) is 0.357. The molecule has 1 fully saturated rings. The largest absolute Gasteiger partial charge is 0.394 e. The summed E-state index contributed by atoms with van der Waals surface area (Å²) in [7, 11) is 0. The maximum atomic E-state index is 14.5. The number of halogens is 2. The number of anilines is 2. The van der Waals surface area contributed by atoms with E-state index in [-0.39, 0.29) is 35.7 Å². The number of fused-ring (bicyclic) bond motifs is 5. The van der Waals surface area contributed by atoms with Gasteiger partial charge in [-0.2, -0.15) is 10.2 Å². The average molecular weight is 519 g/mol. The molecule has 10 heteroatoms. The number of hydrogen-bond donors (Lipinski definition) is 3. The van der Waals surface area contributed by atoms with Crippen LogP contribution in [-0.4, -0.2) is 47.9 Å². The van der Waals surface area contributed by atoms with Gasteiger partial charge in [-0.3, -0.25) is 4.68 Å². The lowest BCUT2D eigenvalue weighted by Gasteiger charge is -2.37. The van der Waals surface area contributed by atoms with E-state index in [0.717, 1.165) is 29.8 Å². The third-order valence-corrected chi connectivity index (χ3v) is 8.30. The van der Waals surface area contributed by atoms with Crippen molar-refractivity contribution in [2.75, 3.05) is 11.9 Å². The van der Waals surface area contributed by atoms with Gasteiger partial charge in [-0.1, -0.05) is 26.0 Å². The maximum Gasteiger partial charge on any atom is 0.135 e. The SMILES string of the molecule is CC1(C)[C@H]2CC[C@]1(c1cccc(Nc3cnn(C[C@@H](O)CO)c3)n1)c1nnc(-c3c(F)cccc3F)cc12. The topological polar surface area (TPSA) is 109 Å². The van der Waals surface area contributed by atoms with E-state index < -0.39 is 23.2 Å². The van der Waals surface area contributed by atoms with Crippen LogP contribution in [0.3, 0.4) is 0 Å². The Morgan fingerprint density at radius 3 is 2.66 bits per heavy atom. The molecule has 196 valence electrons. The van der Waals surface area contributed by atoms with Crippen molar-refractivity contribution < 1.29 is 19.0 Å². The van der Waals surface area contributed by atoms with E-state index in [2.05, 4.69) is 34.5 Å². The van der Waals surface area contributed by atoms with Crippen LogP contribution in [0.25, 0.3) is 11.3 Å². The molecule has 1 aromatic carbocycles. The van der Waals surface area contributed by atoms with Crippen molar-refractivity contribution in [3.8, 4) is 11.3 Å². The van der Waals surface area contributed by atoms with E-state index in [4.69, 9.17) is 10.1 Å². The standard InChI is InChI=1S/C28H28F2N6O2/c1-27(2)19-9-10-28(27,26-18(19)11-22(34-35-26)25-20(29)5-3-6-21(25)30)23-7-4-8-24(33-23)32-16-12-31-36(13-16)14-17(38)15-37/h3-8,11-13,17,19,37-38H,9-10,14-15H2,1-2H3,(H,32,33)/t17-,19+,28+/m1/s1. The number of aliphatic hydroxyl groups is 2. The monoisotopic (exact) mass is 518 g/mol. The van der Waals surface area contributed by atoms with Gasteiger partial charge in [-0.25, -0.2) is 13.8 Å². The molecule has 0 spiro atoms. The van der Waals surface area contributed by atoms with Gasteiger partial charge in [-0.15, -0.1) is 5.10 Å². The average Bonchev–Trinajstić information content (AvgIpc) is 3.50. The fourth-order valence-electron chi connectivity index (χ4n) is 6.45. The summed E-state index contributed by atoms with van der Waals surface area (Å²) < 4.78 is 30.6. The van der Waals surface area contributed by atoms with Gasteiger partial charge < -0.3 is 15.5 Å². The minimum Gasteiger partial charge on any atom is -0.394 e. The van der Waals surface area contributed by atoms with Crippen molar-refractivity contribution in [1.29, 1.82) is 0 Å². The lowest BCUT2D eigenvalue weighted by molar-refractivity contribution is 0.0783. The molecule has 2 bridgehead atoms. The van der Waals surface area contributed by atoms with Gasteiger partial charge in [0.15, 0.2) is 0 Å². The van der Waals surface area contributed by atoms with Gasteiger partial charge >= 0.3 is 0 Å². The molecule has 6 rings (SSSR count). The molecule has 0 unspecified atom stereocenters. The first-order valence-corrected chi connectivity index (χ1v) is 12.6. The van der Waals surface area contributed by atoms with Crippen molar-refractivity contribution in [1.82, 2.24) is 25.0 Å². The van der Waals surface area contributed by atoms with E-state index in [1.165, 1.54) is 18.2 Å². The Balaban J connectivity index is 1.37. The third kappa shape index (κ3) is 3.62. The van der Waals surface area contributed by atoms with E-state index in [0.29, 0.717) is 11.5 Å². The summed E-state index contributed by atoms with van der Waals surface area (Å²) >= 11 is 0. The fourth-order valence-corrected chi connectivity index (χ4v) is 6.45. The molecule has 3 aromatic heterocycles. The quantitative estimate of drug-likeness (QED) is 0.334. The minimum atomic E-state index is -0.889. The second-order valence-corrected chi connectivity index (χ2v) is 10.7. The van der Waals surface area contributed by atoms with Crippen molar-refractivity contribution in [2.45, 2.75) is 50.7 Å². The van der Waals surface area contributed by atoms with Gasteiger partial charge in [0.2, 0.25) is 0 Å². The highest BCUT2D eigenvalue weighted by atomic mass is 19.1. The van der Waals surface area contributed by atoms with E-state index in [1.807, 2.05) is 18.2 Å². The Hall–Kier alpha value is -3.76. The number of aromatic nitrogens is 5. The summed E-state index contributed by atoms with van der Waals surface area (Å²) in [6, 6.07) is 11.4. The lowest BCUT2D eigenvalue weighted by Crippen LogP contribution is -2.37. The summed E-state index contributed by atoms with van der Waals surface area (Å²) in [6.45, 7) is 4.24. The number of aliphatic hydroxyl groups excluding tert-OH is 2. The molecule has 0 aliphatic heterocycles. The third-order valence-electron chi connectivity index (χ3n) is 8.30. The first-order chi connectivity index (χ1) is 18.2. The van der Waals surface area contributed by atoms with Crippen molar-refractivity contribution in [3.05, 3.63) is 83.4 Å². The molecule has 2 aliphatic carbocycles. The van der Waals surface area contributed by atoms with Crippen LogP contribution in [-0.2, 0) is 12.0 Å². The van der Waals surface area contributed by atoms with Gasteiger partial charge in [0, 0.05) is 6.20 Å². The number of rotatable bonds is 7. The Morgan fingerprint density at radius 2 is 1.89 bits per heavy atom. The zero-order chi connectivity index (χ0) is 26.7. The summed E-state index contributed by atoms with van der Waals surface area (Å²) in [5.74, 6) is -0.543. The lowest BCUT2D eigenvalue weighted by atomic mass is 9.66. The molecule has 3 N–H and O–H groups in total. The van der Waals surface area contributed by atoms with Crippen LogP contribution in [0.1, 0.15) is 49.6 Å². The molecule has 1 saturated carbocycles.